The minimum Gasteiger partial charge on any atom is -0.377 e. The van der Waals surface area contributed by atoms with E-state index in [0.717, 1.165) is 47.2 Å². The van der Waals surface area contributed by atoms with E-state index in [0.29, 0.717) is 11.4 Å². The van der Waals surface area contributed by atoms with Crippen LogP contribution in [0.5, 0.6) is 0 Å². The molecule has 0 saturated heterocycles. The Hall–Kier alpha value is -1.33. The summed E-state index contributed by atoms with van der Waals surface area (Å²) in [6.07, 6.45) is 1.66. The molecule has 0 aliphatic carbocycles. The van der Waals surface area contributed by atoms with E-state index >= 15 is 0 Å². The number of quaternary nitrogens is 1. The van der Waals surface area contributed by atoms with Crippen LogP contribution in [0.4, 0.5) is 0 Å². The van der Waals surface area contributed by atoms with Crippen molar-refractivity contribution >= 4 is 29.6 Å². The lowest BCUT2D eigenvalue weighted by molar-refractivity contribution is -0.890. The van der Waals surface area contributed by atoms with Crippen molar-refractivity contribution in [2.75, 3.05) is 55.1 Å². The van der Waals surface area contributed by atoms with Crippen LogP contribution in [-0.2, 0) is 23.3 Å². The van der Waals surface area contributed by atoms with Gasteiger partial charge >= 0.3 is 8.80 Å². The fourth-order valence-corrected chi connectivity index (χ4v) is 6.62. The molecule has 0 unspecified atom stereocenters. The largest absolute Gasteiger partial charge is 0.500 e. The fraction of sp³-hybridized carbons (Fsp3) is 0.524. The molecule has 7 nitrogen and oxygen atoms in total. The van der Waals surface area contributed by atoms with E-state index in [9.17, 15) is 8.42 Å². The zero-order chi connectivity index (χ0) is 22.3. The third-order valence-electron chi connectivity index (χ3n) is 5.45. The summed E-state index contributed by atoms with van der Waals surface area (Å²) < 4.78 is 45.6. The molecule has 0 spiro atoms. The number of fused-ring (bicyclic) bond motifs is 1. The average Bonchev–Trinajstić information content (AvgIpc) is 2.74. The van der Waals surface area contributed by atoms with Crippen LogP contribution in [0.25, 0.3) is 10.8 Å². The first-order valence-electron chi connectivity index (χ1n) is 10.1. The van der Waals surface area contributed by atoms with Crippen LogP contribution in [0.2, 0.25) is 6.04 Å². The highest BCUT2D eigenvalue weighted by molar-refractivity contribution is 7.89. The number of rotatable bonds is 13. The van der Waals surface area contributed by atoms with E-state index in [1.807, 2.05) is 30.3 Å². The van der Waals surface area contributed by atoms with Gasteiger partial charge in [0.2, 0.25) is 10.0 Å². The van der Waals surface area contributed by atoms with Gasteiger partial charge in [-0.05, 0) is 11.5 Å². The van der Waals surface area contributed by atoms with Crippen molar-refractivity contribution in [1.82, 2.24) is 4.72 Å². The van der Waals surface area contributed by atoms with E-state index in [-0.39, 0.29) is 0 Å². The van der Waals surface area contributed by atoms with E-state index in [1.54, 1.807) is 33.5 Å². The van der Waals surface area contributed by atoms with Gasteiger partial charge in [0.1, 0.15) is 0 Å². The molecule has 0 fully saturated rings. The molecule has 30 heavy (non-hydrogen) atoms. The molecule has 168 valence electrons. The van der Waals surface area contributed by atoms with Crippen molar-refractivity contribution in [3.05, 3.63) is 42.5 Å². The smallest absolute Gasteiger partial charge is 0.377 e. The van der Waals surface area contributed by atoms with Gasteiger partial charge in [0, 0.05) is 52.1 Å². The quantitative estimate of drug-likeness (QED) is 0.286. The molecule has 1 N–H and O–H groups in total. The minimum absolute atomic E-state index is 0.328. The summed E-state index contributed by atoms with van der Waals surface area (Å²) in [6.45, 7) is 2.20. The molecule has 0 atom stereocenters. The summed E-state index contributed by atoms with van der Waals surface area (Å²) in [5, 5.41) is 1.66. The van der Waals surface area contributed by atoms with E-state index in [2.05, 4.69) is 18.8 Å². The van der Waals surface area contributed by atoms with E-state index < -0.39 is 18.8 Å². The van der Waals surface area contributed by atoms with Crippen LogP contribution in [0.3, 0.4) is 0 Å². The Morgan fingerprint density at radius 3 is 2.17 bits per heavy atom. The van der Waals surface area contributed by atoms with Gasteiger partial charge in [0.05, 0.1) is 32.1 Å². The van der Waals surface area contributed by atoms with Crippen molar-refractivity contribution in [1.29, 1.82) is 0 Å². The predicted octanol–water partition coefficient (Wildman–Crippen LogP) is 2.85. The molecule has 0 amide bonds. The van der Waals surface area contributed by atoms with Gasteiger partial charge in [-0.1, -0.05) is 36.4 Å². The highest BCUT2D eigenvalue weighted by Crippen LogP contribution is 2.22. The number of nitrogens with zero attached hydrogens (tertiary/aromatic N) is 1. The Bertz CT molecular complexity index is 903. The Balaban J connectivity index is 1.86. The second-order valence-electron chi connectivity index (χ2n) is 8.01. The molecular formula is C21H35N2O5SSi+. The van der Waals surface area contributed by atoms with Gasteiger partial charge in [-0.25, -0.2) is 13.1 Å². The lowest BCUT2D eigenvalue weighted by Gasteiger charge is -2.31. The maximum Gasteiger partial charge on any atom is 0.500 e. The zero-order valence-electron chi connectivity index (χ0n) is 18.7. The lowest BCUT2D eigenvalue weighted by atomic mass is 10.1. The van der Waals surface area contributed by atoms with Crippen molar-refractivity contribution in [2.24, 2.45) is 0 Å². The van der Waals surface area contributed by atoms with Crippen LogP contribution >= 0.6 is 0 Å². The predicted molar refractivity (Wildman–Crippen MR) is 122 cm³/mol. The van der Waals surface area contributed by atoms with Gasteiger partial charge in [-0.15, -0.1) is 0 Å². The van der Waals surface area contributed by atoms with Crippen LogP contribution in [0.15, 0.2) is 47.4 Å². The van der Waals surface area contributed by atoms with Crippen LogP contribution < -0.4 is 4.72 Å². The van der Waals surface area contributed by atoms with Crippen molar-refractivity contribution in [3.8, 4) is 0 Å². The van der Waals surface area contributed by atoms with Crippen LogP contribution in [0.1, 0.15) is 12.8 Å². The molecule has 2 aromatic rings. The first kappa shape index (κ1) is 24.9. The summed E-state index contributed by atoms with van der Waals surface area (Å²) >= 11 is 0. The van der Waals surface area contributed by atoms with E-state index in [1.165, 1.54) is 0 Å². The van der Waals surface area contributed by atoms with Crippen molar-refractivity contribution < 1.29 is 26.2 Å². The average molecular weight is 456 g/mol. The summed E-state index contributed by atoms with van der Waals surface area (Å²) in [5.74, 6) is 0. The summed E-state index contributed by atoms with van der Waals surface area (Å²) in [7, 11) is 3.08. The molecule has 2 rings (SSSR count). The van der Waals surface area contributed by atoms with Gasteiger partial charge in [0.25, 0.3) is 0 Å². The molecule has 0 heterocycles. The Morgan fingerprint density at radius 2 is 1.50 bits per heavy atom. The minimum atomic E-state index is -3.55. The van der Waals surface area contributed by atoms with E-state index in [4.69, 9.17) is 13.3 Å². The normalized spacial score (nSPS) is 13.1. The molecular weight excluding hydrogens is 420 g/mol. The Kier molecular flexibility index (Phi) is 8.98. The molecule has 0 aliphatic rings. The highest BCUT2D eigenvalue weighted by atomic mass is 32.2. The van der Waals surface area contributed by atoms with Gasteiger partial charge in [-0.3, -0.25) is 0 Å². The first-order valence-corrected chi connectivity index (χ1v) is 13.5. The SMILES string of the molecule is CO[Si](CCC[N+](C)(C)CCCNS(=O)(=O)c1cccc2ccccc12)(OC)OC. The fourth-order valence-electron chi connectivity index (χ4n) is 3.61. The molecule has 2 aromatic carbocycles. The Labute approximate surface area is 181 Å². The molecule has 0 bridgehead atoms. The molecule has 0 saturated carbocycles. The second kappa shape index (κ2) is 10.8. The monoisotopic (exact) mass is 455 g/mol. The van der Waals surface area contributed by atoms with Gasteiger partial charge in [-0.2, -0.15) is 0 Å². The summed E-state index contributed by atoms with van der Waals surface area (Å²) in [5.41, 5.74) is 0. The number of benzene rings is 2. The van der Waals surface area contributed by atoms with Crippen LogP contribution in [-0.4, -0.2) is 76.8 Å². The number of sulfonamides is 1. The second-order valence-corrected chi connectivity index (χ2v) is 12.8. The maximum absolute atomic E-state index is 12.8. The topological polar surface area (TPSA) is 73.9 Å². The summed E-state index contributed by atoms with van der Waals surface area (Å²) in [6, 6.07) is 13.6. The van der Waals surface area contributed by atoms with Crippen LogP contribution in [0, 0.1) is 0 Å². The molecule has 0 aliphatic heterocycles. The highest BCUT2D eigenvalue weighted by Gasteiger charge is 2.37. The third kappa shape index (κ3) is 6.58. The summed E-state index contributed by atoms with van der Waals surface area (Å²) in [4.78, 5) is 0.328. The maximum atomic E-state index is 12.8. The lowest BCUT2D eigenvalue weighted by Crippen LogP contribution is -2.46. The number of nitrogens with one attached hydrogen (secondary N) is 1. The van der Waals surface area contributed by atoms with Gasteiger partial charge in [0.15, 0.2) is 0 Å². The third-order valence-corrected chi connectivity index (χ3v) is 9.80. The molecule has 9 heteroatoms. The Morgan fingerprint density at radius 1 is 0.900 bits per heavy atom. The van der Waals surface area contributed by atoms with Gasteiger partial charge < -0.3 is 17.8 Å². The zero-order valence-corrected chi connectivity index (χ0v) is 20.5. The molecule has 0 aromatic heterocycles. The standard InChI is InChI=1S/C21H35N2O5SSi/c1-23(2,17-10-18-30(26-3,27-4)28-5)16-9-15-22-29(24,25)21-14-8-12-19-11-6-7-13-20(19)21/h6-8,11-14,22H,9-10,15-18H2,1-5H3/q+1. The molecule has 0 radical (unpaired) electrons. The first-order chi connectivity index (χ1) is 14.2. The number of hydrogen-bond acceptors (Lipinski definition) is 5. The number of hydrogen-bond donors (Lipinski definition) is 1. The van der Waals surface area contributed by atoms with Crippen molar-refractivity contribution in [3.63, 3.8) is 0 Å². The van der Waals surface area contributed by atoms with Crippen molar-refractivity contribution in [2.45, 2.75) is 23.8 Å².